The van der Waals surface area contributed by atoms with Gasteiger partial charge in [-0.3, -0.25) is 9.78 Å². The zero-order chi connectivity index (χ0) is 12.7. The van der Waals surface area contributed by atoms with Crippen LogP contribution in [0.2, 0.25) is 0 Å². The van der Waals surface area contributed by atoms with Crippen LogP contribution in [-0.4, -0.2) is 23.8 Å². The number of aromatic nitrogens is 1. The van der Waals surface area contributed by atoms with Gasteiger partial charge in [0.15, 0.2) is 0 Å². The summed E-state index contributed by atoms with van der Waals surface area (Å²) in [6.07, 6.45) is 3.53. The van der Waals surface area contributed by atoms with E-state index in [-0.39, 0.29) is 0 Å². The molecule has 0 saturated carbocycles. The quantitative estimate of drug-likeness (QED) is 0.428. The molecular weight excluding hydrogens is 218 g/mol. The molecule has 1 aromatic heterocycles. The Morgan fingerprint density at radius 3 is 2.82 bits per heavy atom. The number of aryl methyl sites for hydroxylation is 2. The molecule has 0 amide bonds. The number of carbonyl (C=O) groups excluding carboxylic acids is 2. The first-order chi connectivity index (χ1) is 8.17. The lowest BCUT2D eigenvalue weighted by atomic mass is 10.0. The number of aldehydes is 1. The number of nitrogens with zero attached hydrogens (tertiary/aromatic N) is 1. The zero-order valence-corrected chi connectivity index (χ0v) is 10.2. The first-order valence-electron chi connectivity index (χ1n) is 5.70. The molecule has 0 radical (unpaired) electrons. The van der Waals surface area contributed by atoms with Crippen LogP contribution in [0.5, 0.6) is 0 Å². The summed E-state index contributed by atoms with van der Waals surface area (Å²) < 4.78 is 4.82. The van der Waals surface area contributed by atoms with Crippen molar-refractivity contribution in [1.29, 1.82) is 0 Å². The smallest absolute Gasteiger partial charge is 0.316 e. The maximum absolute atomic E-state index is 11.4. The third kappa shape index (κ3) is 4.34. The fourth-order valence-electron chi connectivity index (χ4n) is 1.46. The van der Waals surface area contributed by atoms with Gasteiger partial charge in [-0.05, 0) is 38.3 Å². The van der Waals surface area contributed by atoms with Crippen molar-refractivity contribution in [2.75, 3.05) is 6.61 Å². The molecule has 4 heteroatoms. The van der Waals surface area contributed by atoms with E-state index in [2.05, 4.69) is 4.98 Å². The van der Waals surface area contributed by atoms with E-state index >= 15 is 0 Å². The van der Waals surface area contributed by atoms with Gasteiger partial charge in [-0.1, -0.05) is 6.07 Å². The number of hydrogen-bond donors (Lipinski definition) is 0. The minimum absolute atomic E-state index is 0.301. The minimum Gasteiger partial charge on any atom is -0.465 e. The van der Waals surface area contributed by atoms with Gasteiger partial charge in [-0.25, -0.2) is 0 Å². The van der Waals surface area contributed by atoms with E-state index in [4.69, 9.17) is 4.74 Å². The average molecular weight is 235 g/mol. The molecule has 1 aromatic rings. The van der Waals surface area contributed by atoms with Gasteiger partial charge in [-0.15, -0.1) is 0 Å². The summed E-state index contributed by atoms with van der Waals surface area (Å²) in [6, 6.07) is 3.87. The highest BCUT2D eigenvalue weighted by Gasteiger charge is 2.18. The van der Waals surface area contributed by atoms with Gasteiger partial charge in [0.05, 0.1) is 6.61 Å². The van der Waals surface area contributed by atoms with Gasteiger partial charge < -0.3 is 9.53 Å². The average Bonchev–Trinajstić information content (AvgIpc) is 2.32. The van der Waals surface area contributed by atoms with E-state index in [1.807, 2.05) is 19.1 Å². The molecule has 0 aliphatic heterocycles. The maximum atomic E-state index is 11.4. The summed E-state index contributed by atoms with van der Waals surface area (Å²) in [4.78, 5) is 26.3. The number of esters is 1. The Kier molecular flexibility index (Phi) is 5.33. The normalized spacial score (nSPS) is 11.9. The van der Waals surface area contributed by atoms with Crippen LogP contribution in [0.25, 0.3) is 0 Å². The molecule has 0 saturated heterocycles. The lowest BCUT2D eigenvalue weighted by Crippen LogP contribution is -2.19. The van der Waals surface area contributed by atoms with Crippen molar-refractivity contribution in [3.8, 4) is 0 Å². The lowest BCUT2D eigenvalue weighted by molar-refractivity contribution is -0.149. The maximum Gasteiger partial charge on any atom is 0.316 e. The van der Waals surface area contributed by atoms with E-state index < -0.39 is 11.9 Å². The second-order valence-corrected chi connectivity index (χ2v) is 3.84. The molecule has 0 aliphatic carbocycles. The zero-order valence-electron chi connectivity index (χ0n) is 10.2. The Morgan fingerprint density at radius 1 is 1.53 bits per heavy atom. The van der Waals surface area contributed by atoms with Crippen LogP contribution in [0.4, 0.5) is 0 Å². The van der Waals surface area contributed by atoms with E-state index in [9.17, 15) is 9.59 Å². The minimum atomic E-state index is -0.670. The summed E-state index contributed by atoms with van der Waals surface area (Å²) >= 11 is 0. The van der Waals surface area contributed by atoms with Crippen LogP contribution >= 0.6 is 0 Å². The predicted octanol–water partition coefficient (Wildman–Crippen LogP) is 1.70. The summed E-state index contributed by atoms with van der Waals surface area (Å²) in [5, 5.41) is 0. The van der Waals surface area contributed by atoms with Crippen LogP contribution in [0.1, 0.15) is 24.6 Å². The molecule has 0 spiro atoms. The molecular formula is C13H17NO3. The fraction of sp³-hybridized carbons (Fsp3) is 0.462. The Hall–Kier alpha value is -1.71. The van der Waals surface area contributed by atoms with Gasteiger partial charge in [-0.2, -0.15) is 0 Å². The van der Waals surface area contributed by atoms with E-state index in [1.54, 1.807) is 13.1 Å². The molecule has 1 heterocycles. The lowest BCUT2D eigenvalue weighted by Gasteiger charge is -2.09. The highest BCUT2D eigenvalue weighted by atomic mass is 16.5. The molecule has 0 aliphatic rings. The van der Waals surface area contributed by atoms with Crippen LogP contribution < -0.4 is 0 Å². The highest BCUT2D eigenvalue weighted by molar-refractivity contribution is 5.87. The largest absolute Gasteiger partial charge is 0.465 e. The predicted molar refractivity (Wildman–Crippen MR) is 63.5 cm³/mol. The van der Waals surface area contributed by atoms with Crippen LogP contribution in [-0.2, 0) is 20.7 Å². The number of carbonyl (C=O) groups is 2. The Labute approximate surface area is 101 Å². The monoisotopic (exact) mass is 235 g/mol. The molecule has 1 rings (SSSR count). The summed E-state index contributed by atoms with van der Waals surface area (Å²) in [5.74, 6) is -1.11. The van der Waals surface area contributed by atoms with Crippen molar-refractivity contribution in [3.05, 3.63) is 29.6 Å². The molecule has 92 valence electrons. The Bertz CT molecular complexity index is 373. The highest BCUT2D eigenvalue weighted by Crippen LogP contribution is 2.09. The summed E-state index contributed by atoms with van der Waals surface area (Å²) in [7, 11) is 0. The van der Waals surface area contributed by atoms with Crippen molar-refractivity contribution < 1.29 is 14.3 Å². The van der Waals surface area contributed by atoms with Crippen molar-refractivity contribution in [2.24, 2.45) is 5.92 Å². The van der Waals surface area contributed by atoms with Gasteiger partial charge in [0.25, 0.3) is 0 Å². The molecule has 17 heavy (non-hydrogen) atoms. The number of ether oxygens (including phenoxy) is 1. The Morgan fingerprint density at radius 2 is 2.29 bits per heavy atom. The SMILES string of the molecule is CCOC(=O)C(C=O)CCc1ccc(C)nc1. The molecule has 0 fully saturated rings. The van der Waals surface area contributed by atoms with Crippen LogP contribution in [0.3, 0.4) is 0 Å². The van der Waals surface area contributed by atoms with Crippen LogP contribution in [0.15, 0.2) is 18.3 Å². The molecule has 0 bridgehead atoms. The van der Waals surface area contributed by atoms with Crippen molar-refractivity contribution in [3.63, 3.8) is 0 Å². The fourth-order valence-corrected chi connectivity index (χ4v) is 1.46. The summed E-state index contributed by atoms with van der Waals surface area (Å²) in [6.45, 7) is 3.94. The van der Waals surface area contributed by atoms with Crippen LogP contribution in [0, 0.1) is 12.8 Å². The molecule has 0 aromatic carbocycles. The van der Waals surface area contributed by atoms with Gasteiger partial charge in [0.2, 0.25) is 0 Å². The van der Waals surface area contributed by atoms with Gasteiger partial charge >= 0.3 is 5.97 Å². The van der Waals surface area contributed by atoms with Gasteiger partial charge in [0.1, 0.15) is 12.2 Å². The third-order valence-electron chi connectivity index (χ3n) is 2.47. The number of rotatable bonds is 6. The number of pyridine rings is 1. The molecule has 1 unspecified atom stereocenters. The van der Waals surface area contributed by atoms with Crippen molar-refractivity contribution >= 4 is 12.3 Å². The number of hydrogen-bond acceptors (Lipinski definition) is 4. The third-order valence-corrected chi connectivity index (χ3v) is 2.47. The topological polar surface area (TPSA) is 56.3 Å². The second-order valence-electron chi connectivity index (χ2n) is 3.84. The first-order valence-corrected chi connectivity index (χ1v) is 5.70. The van der Waals surface area contributed by atoms with E-state index in [0.717, 1.165) is 11.3 Å². The molecule has 1 atom stereocenters. The first kappa shape index (κ1) is 13.4. The van der Waals surface area contributed by atoms with Crippen molar-refractivity contribution in [2.45, 2.75) is 26.7 Å². The Balaban J connectivity index is 2.50. The van der Waals surface area contributed by atoms with E-state index in [1.165, 1.54) is 0 Å². The molecule has 0 N–H and O–H groups in total. The van der Waals surface area contributed by atoms with Gasteiger partial charge in [0, 0.05) is 11.9 Å². The second kappa shape index (κ2) is 6.78. The summed E-state index contributed by atoms with van der Waals surface area (Å²) in [5.41, 5.74) is 1.97. The van der Waals surface area contributed by atoms with E-state index in [0.29, 0.717) is 25.7 Å². The molecule has 4 nitrogen and oxygen atoms in total. The van der Waals surface area contributed by atoms with Crippen molar-refractivity contribution in [1.82, 2.24) is 4.98 Å². The standard InChI is InChI=1S/C13H17NO3/c1-3-17-13(16)12(9-15)7-6-11-5-4-10(2)14-8-11/h4-5,8-9,12H,3,6-7H2,1-2H3.